The van der Waals surface area contributed by atoms with Crippen LogP contribution in [0.15, 0.2) is 35.5 Å². The molecular weight excluding hydrogens is 232 g/mol. The smallest absolute Gasteiger partial charge is 0.0819 e. The van der Waals surface area contributed by atoms with Gasteiger partial charge in [-0.15, -0.1) is 0 Å². The molecule has 1 aromatic heterocycles. The minimum absolute atomic E-state index is 0.664. The molecule has 0 amide bonds. The predicted octanol–water partition coefficient (Wildman–Crippen LogP) is 3.16. The van der Waals surface area contributed by atoms with Crippen LogP contribution in [0, 0.1) is 0 Å². The van der Waals surface area contributed by atoms with E-state index in [4.69, 9.17) is 4.74 Å². The van der Waals surface area contributed by atoms with Gasteiger partial charge in [-0.05, 0) is 24.4 Å². The van der Waals surface area contributed by atoms with Gasteiger partial charge in [0.05, 0.1) is 17.5 Å². The van der Waals surface area contributed by atoms with Crippen LogP contribution in [0.2, 0.25) is 0 Å². The molecule has 1 heterocycles. The van der Waals surface area contributed by atoms with Gasteiger partial charge in [-0.25, -0.2) is 0 Å². The Labute approximate surface area is 105 Å². The van der Waals surface area contributed by atoms with Gasteiger partial charge >= 0.3 is 0 Å². The minimum atomic E-state index is 0.664. The Morgan fingerprint density at radius 2 is 2.35 bits per heavy atom. The summed E-state index contributed by atoms with van der Waals surface area (Å²) in [6.07, 6.45) is 2.64. The van der Waals surface area contributed by atoms with E-state index in [0.717, 1.165) is 28.6 Å². The van der Waals surface area contributed by atoms with Crippen LogP contribution in [0.4, 0.5) is 5.69 Å². The zero-order chi connectivity index (χ0) is 12.1. The molecule has 0 fully saturated rings. The topological polar surface area (TPSA) is 34.5 Å². The lowest BCUT2D eigenvalue weighted by Gasteiger charge is -2.04. The van der Waals surface area contributed by atoms with Crippen molar-refractivity contribution in [1.29, 1.82) is 0 Å². The highest BCUT2D eigenvalue weighted by atomic mass is 32.1. The summed E-state index contributed by atoms with van der Waals surface area (Å²) >= 11 is 4.65. The molecule has 1 aromatic carbocycles. The Bertz CT molecular complexity index is 577. The van der Waals surface area contributed by atoms with Gasteiger partial charge in [0.15, 0.2) is 0 Å². The Morgan fingerprint density at radius 3 is 3.12 bits per heavy atom. The van der Waals surface area contributed by atoms with E-state index in [2.05, 4.69) is 27.4 Å². The third-order valence-corrected chi connectivity index (χ3v) is 2.62. The summed E-state index contributed by atoms with van der Waals surface area (Å²) in [5, 5.41) is 4.50. The van der Waals surface area contributed by atoms with Crippen molar-refractivity contribution in [3.8, 4) is 0 Å². The van der Waals surface area contributed by atoms with Crippen molar-refractivity contribution in [2.75, 3.05) is 13.7 Å². The highest BCUT2D eigenvalue weighted by Crippen LogP contribution is 2.25. The summed E-state index contributed by atoms with van der Waals surface area (Å²) in [6, 6.07) is 7.89. The highest BCUT2D eigenvalue weighted by Gasteiger charge is 2.02. The second-order valence-corrected chi connectivity index (χ2v) is 3.80. The fourth-order valence-electron chi connectivity index (χ4n) is 1.69. The van der Waals surface area contributed by atoms with Crippen LogP contribution in [0.3, 0.4) is 0 Å². The quantitative estimate of drug-likeness (QED) is 0.612. The predicted molar refractivity (Wildman–Crippen MR) is 72.0 cm³/mol. The maximum absolute atomic E-state index is 5.04. The molecule has 3 nitrogen and oxygen atoms in total. The van der Waals surface area contributed by atoms with Gasteiger partial charge in [0.1, 0.15) is 0 Å². The molecule has 0 bridgehead atoms. The molecule has 0 saturated carbocycles. The van der Waals surface area contributed by atoms with Crippen LogP contribution in [0.5, 0.6) is 0 Å². The standard InChI is InChI=1S/C13H12N2OS/c1-16-6-5-11-7-12-10(8-14-11)3-2-4-13(12)15-9-17/h2-4,7-8H,5-6H2,1H3. The number of aliphatic imine (C=N–C) groups is 1. The third kappa shape index (κ3) is 2.74. The number of benzene rings is 1. The highest BCUT2D eigenvalue weighted by molar-refractivity contribution is 7.78. The lowest BCUT2D eigenvalue weighted by molar-refractivity contribution is 0.201. The zero-order valence-corrected chi connectivity index (χ0v) is 10.3. The van der Waals surface area contributed by atoms with Crippen LogP contribution in [-0.4, -0.2) is 23.9 Å². The number of fused-ring (bicyclic) bond motifs is 1. The average molecular weight is 244 g/mol. The fourth-order valence-corrected chi connectivity index (χ4v) is 1.78. The molecule has 4 heteroatoms. The van der Waals surface area contributed by atoms with Crippen molar-refractivity contribution >= 4 is 33.8 Å². The van der Waals surface area contributed by atoms with Gasteiger partial charge in [-0.2, -0.15) is 4.99 Å². The molecule has 2 rings (SSSR count). The van der Waals surface area contributed by atoms with E-state index in [-0.39, 0.29) is 0 Å². The molecule has 0 aliphatic rings. The largest absolute Gasteiger partial charge is 0.384 e. The Morgan fingerprint density at radius 1 is 1.47 bits per heavy atom. The first kappa shape index (κ1) is 11.9. The van der Waals surface area contributed by atoms with Crippen LogP contribution in [0.1, 0.15) is 5.69 Å². The number of methoxy groups -OCH3 is 1. The van der Waals surface area contributed by atoms with Crippen LogP contribution >= 0.6 is 12.2 Å². The summed E-state index contributed by atoms with van der Waals surface area (Å²) in [5.41, 5.74) is 1.82. The maximum Gasteiger partial charge on any atom is 0.0819 e. The van der Waals surface area contributed by atoms with Gasteiger partial charge in [-0.1, -0.05) is 12.1 Å². The van der Waals surface area contributed by atoms with Crippen LogP contribution < -0.4 is 0 Å². The number of ether oxygens (including phenoxy) is 1. The van der Waals surface area contributed by atoms with Crippen molar-refractivity contribution < 1.29 is 4.74 Å². The molecule has 0 N–H and O–H groups in total. The first-order valence-electron chi connectivity index (χ1n) is 5.29. The van der Waals surface area contributed by atoms with E-state index < -0.39 is 0 Å². The number of hydrogen-bond donors (Lipinski definition) is 0. The third-order valence-electron chi connectivity index (χ3n) is 2.53. The molecule has 0 aliphatic carbocycles. The van der Waals surface area contributed by atoms with Crippen molar-refractivity contribution in [3.05, 3.63) is 36.2 Å². The van der Waals surface area contributed by atoms with Crippen LogP contribution in [-0.2, 0) is 11.2 Å². The minimum Gasteiger partial charge on any atom is -0.384 e. The molecule has 2 aromatic rings. The van der Waals surface area contributed by atoms with Crippen molar-refractivity contribution in [2.24, 2.45) is 4.99 Å². The summed E-state index contributed by atoms with van der Waals surface area (Å²) in [5.74, 6) is 0. The van der Waals surface area contributed by atoms with Gasteiger partial charge in [0, 0.05) is 36.2 Å². The van der Waals surface area contributed by atoms with Gasteiger partial charge < -0.3 is 4.74 Å². The molecular formula is C13H12N2OS. The van der Waals surface area contributed by atoms with Crippen molar-refractivity contribution in [3.63, 3.8) is 0 Å². The van der Waals surface area contributed by atoms with Gasteiger partial charge in [0.25, 0.3) is 0 Å². The summed E-state index contributed by atoms with van der Waals surface area (Å²) in [7, 11) is 1.68. The lowest BCUT2D eigenvalue weighted by atomic mass is 10.1. The number of thiocarbonyl (C=S) groups is 1. The second-order valence-electron chi connectivity index (χ2n) is 3.62. The Kier molecular flexibility index (Phi) is 3.94. The van der Waals surface area contributed by atoms with E-state index in [0.29, 0.717) is 6.61 Å². The number of rotatable bonds is 4. The maximum atomic E-state index is 5.04. The zero-order valence-electron chi connectivity index (χ0n) is 9.51. The Hall–Kier alpha value is -1.61. The molecule has 0 radical (unpaired) electrons. The van der Waals surface area contributed by atoms with E-state index in [1.54, 1.807) is 7.11 Å². The molecule has 17 heavy (non-hydrogen) atoms. The van der Waals surface area contributed by atoms with E-state index in [1.165, 1.54) is 0 Å². The lowest BCUT2D eigenvalue weighted by Crippen LogP contribution is -1.96. The monoisotopic (exact) mass is 244 g/mol. The molecule has 86 valence electrons. The fraction of sp³-hybridized carbons (Fsp3) is 0.231. The number of pyridine rings is 1. The summed E-state index contributed by atoms with van der Waals surface area (Å²) < 4.78 is 5.04. The number of aromatic nitrogens is 1. The van der Waals surface area contributed by atoms with Gasteiger partial charge in [0.2, 0.25) is 0 Å². The van der Waals surface area contributed by atoms with E-state index in [9.17, 15) is 0 Å². The second kappa shape index (κ2) is 5.64. The molecule has 0 atom stereocenters. The first-order valence-corrected chi connectivity index (χ1v) is 5.70. The Balaban J connectivity index is 2.49. The summed E-state index contributed by atoms with van der Waals surface area (Å²) in [4.78, 5) is 8.44. The SMILES string of the molecule is COCCc1cc2c(N=C=S)cccc2cn1. The van der Waals surface area contributed by atoms with Crippen molar-refractivity contribution in [2.45, 2.75) is 6.42 Å². The first-order chi connectivity index (χ1) is 8.35. The van der Waals surface area contributed by atoms with E-state index >= 15 is 0 Å². The average Bonchev–Trinajstić information content (AvgIpc) is 2.37. The number of nitrogens with zero attached hydrogens (tertiary/aromatic N) is 2. The van der Waals surface area contributed by atoms with E-state index in [1.807, 2.05) is 30.5 Å². The number of hydrogen-bond acceptors (Lipinski definition) is 4. The van der Waals surface area contributed by atoms with Crippen molar-refractivity contribution in [1.82, 2.24) is 4.98 Å². The molecule has 0 saturated heterocycles. The normalized spacial score (nSPS) is 10.2. The number of isothiocyanates is 1. The molecule has 0 unspecified atom stereocenters. The molecule has 0 aliphatic heterocycles. The summed E-state index contributed by atoms with van der Waals surface area (Å²) in [6.45, 7) is 0.664. The molecule has 0 spiro atoms. The van der Waals surface area contributed by atoms with Gasteiger partial charge in [-0.3, -0.25) is 4.98 Å². The van der Waals surface area contributed by atoms with Crippen LogP contribution in [0.25, 0.3) is 10.8 Å².